The summed E-state index contributed by atoms with van der Waals surface area (Å²) in [7, 11) is 0.268. The molecule has 0 bridgehead atoms. The Labute approximate surface area is 129 Å². The van der Waals surface area contributed by atoms with Crippen molar-refractivity contribution in [3.05, 3.63) is 23.5 Å². The Morgan fingerprint density at radius 2 is 2.19 bits per heavy atom. The fourth-order valence-corrected chi connectivity index (χ4v) is 3.93. The number of hydrogen-bond acceptors (Lipinski definition) is 5. The average molecular weight is 328 g/mol. The van der Waals surface area contributed by atoms with Gasteiger partial charge in [0.15, 0.2) is 0 Å². The second-order valence-electron chi connectivity index (χ2n) is 4.97. The molecule has 0 amide bonds. The topological polar surface area (TPSA) is 68.1 Å². The number of nitrogens with zero attached hydrogens (tertiary/aromatic N) is 4. The Morgan fingerprint density at radius 3 is 2.81 bits per heavy atom. The number of rotatable bonds is 7. The molecule has 21 heavy (non-hydrogen) atoms. The van der Waals surface area contributed by atoms with E-state index >= 15 is 0 Å². The molecule has 0 aliphatic heterocycles. The number of aryl methyl sites for hydroxylation is 1. The molecule has 0 unspecified atom stereocenters. The number of hydrogen-bond donors (Lipinski definition) is 0. The molecule has 0 N–H and O–H groups in total. The van der Waals surface area contributed by atoms with Crippen LogP contribution in [0.4, 0.5) is 0 Å². The van der Waals surface area contributed by atoms with Gasteiger partial charge in [-0.15, -0.1) is 11.3 Å². The number of thiazole rings is 1. The van der Waals surface area contributed by atoms with Crippen LogP contribution in [-0.4, -0.2) is 40.3 Å². The highest BCUT2D eigenvalue weighted by molar-refractivity contribution is 7.89. The van der Waals surface area contributed by atoms with Gasteiger partial charge in [0.2, 0.25) is 10.0 Å². The van der Waals surface area contributed by atoms with E-state index in [1.807, 2.05) is 25.5 Å². The van der Waals surface area contributed by atoms with Crippen molar-refractivity contribution in [2.45, 2.75) is 26.3 Å². The standard InChI is InChI=1S/C13H20N4O2S2/c1-4-5-6-21(18,19)17(3)9-12-10-20-13(15-12)11-7-14-16(2)8-11/h7-8,10H,4-6,9H2,1-3H3. The van der Waals surface area contributed by atoms with Gasteiger partial charge in [0.05, 0.1) is 24.2 Å². The van der Waals surface area contributed by atoms with Crippen LogP contribution in [0.25, 0.3) is 10.6 Å². The maximum atomic E-state index is 12.1. The summed E-state index contributed by atoms with van der Waals surface area (Å²) in [6.07, 6.45) is 5.20. The molecule has 2 heterocycles. The number of aromatic nitrogens is 3. The third-order valence-corrected chi connectivity index (χ3v) is 5.94. The van der Waals surface area contributed by atoms with E-state index in [1.54, 1.807) is 17.9 Å². The Bertz CT molecular complexity index is 691. The lowest BCUT2D eigenvalue weighted by Crippen LogP contribution is -2.28. The molecule has 0 aliphatic rings. The number of sulfonamides is 1. The Balaban J connectivity index is 2.05. The third kappa shape index (κ3) is 4.12. The predicted molar refractivity (Wildman–Crippen MR) is 84.5 cm³/mol. The van der Waals surface area contributed by atoms with Crippen LogP contribution in [0, 0.1) is 0 Å². The van der Waals surface area contributed by atoms with Gasteiger partial charge < -0.3 is 0 Å². The van der Waals surface area contributed by atoms with E-state index in [1.165, 1.54) is 15.6 Å². The fraction of sp³-hybridized carbons (Fsp3) is 0.538. The van der Waals surface area contributed by atoms with Crippen LogP contribution in [0.2, 0.25) is 0 Å². The molecule has 0 saturated carbocycles. The Morgan fingerprint density at radius 1 is 1.43 bits per heavy atom. The zero-order valence-electron chi connectivity index (χ0n) is 12.5. The highest BCUT2D eigenvalue weighted by atomic mass is 32.2. The van der Waals surface area contributed by atoms with Crippen LogP contribution in [0.5, 0.6) is 0 Å². The molecule has 0 fully saturated rings. The highest BCUT2D eigenvalue weighted by Crippen LogP contribution is 2.23. The zero-order valence-corrected chi connectivity index (χ0v) is 14.1. The van der Waals surface area contributed by atoms with E-state index in [0.29, 0.717) is 13.0 Å². The first-order valence-corrected chi connectivity index (χ1v) is 9.28. The zero-order chi connectivity index (χ0) is 15.5. The van der Waals surface area contributed by atoms with Gasteiger partial charge in [0, 0.05) is 31.2 Å². The van der Waals surface area contributed by atoms with Crippen molar-refractivity contribution in [2.24, 2.45) is 7.05 Å². The van der Waals surface area contributed by atoms with E-state index in [0.717, 1.165) is 22.7 Å². The minimum atomic E-state index is -3.19. The summed E-state index contributed by atoms with van der Waals surface area (Å²) in [4.78, 5) is 4.49. The minimum Gasteiger partial charge on any atom is -0.275 e. The second-order valence-corrected chi connectivity index (χ2v) is 8.03. The fourth-order valence-electron chi connectivity index (χ4n) is 1.85. The SMILES string of the molecule is CCCCS(=O)(=O)N(C)Cc1csc(-c2cnn(C)c2)n1. The molecule has 0 atom stereocenters. The summed E-state index contributed by atoms with van der Waals surface area (Å²) in [6.45, 7) is 2.29. The molecule has 116 valence electrons. The maximum Gasteiger partial charge on any atom is 0.214 e. The predicted octanol–water partition coefficient (Wildman–Crippen LogP) is 2.11. The summed E-state index contributed by atoms with van der Waals surface area (Å²) in [5.74, 6) is 0.194. The molecule has 0 aromatic carbocycles. The first-order valence-electron chi connectivity index (χ1n) is 6.80. The van der Waals surface area contributed by atoms with E-state index in [9.17, 15) is 8.42 Å². The first kappa shape index (κ1) is 16.1. The van der Waals surface area contributed by atoms with Gasteiger partial charge in [-0.3, -0.25) is 4.68 Å². The summed E-state index contributed by atoms with van der Waals surface area (Å²) in [5, 5.41) is 6.87. The highest BCUT2D eigenvalue weighted by Gasteiger charge is 2.18. The van der Waals surface area contributed by atoms with Crippen molar-refractivity contribution in [3.63, 3.8) is 0 Å². The quantitative estimate of drug-likeness (QED) is 0.780. The summed E-state index contributed by atoms with van der Waals surface area (Å²) in [5.41, 5.74) is 1.71. The van der Waals surface area contributed by atoms with Gasteiger partial charge in [-0.05, 0) is 6.42 Å². The molecule has 6 nitrogen and oxygen atoms in total. The van der Waals surface area contributed by atoms with Gasteiger partial charge in [-0.25, -0.2) is 13.4 Å². The van der Waals surface area contributed by atoms with E-state index in [-0.39, 0.29) is 5.75 Å². The molecule has 0 saturated heterocycles. The molecule has 0 spiro atoms. The van der Waals surface area contributed by atoms with Gasteiger partial charge in [0.1, 0.15) is 5.01 Å². The molecule has 2 rings (SSSR count). The largest absolute Gasteiger partial charge is 0.275 e. The normalized spacial score (nSPS) is 12.2. The third-order valence-electron chi connectivity index (χ3n) is 3.12. The van der Waals surface area contributed by atoms with E-state index in [2.05, 4.69) is 10.1 Å². The molecular formula is C13H20N4O2S2. The molecular weight excluding hydrogens is 308 g/mol. The molecule has 2 aromatic heterocycles. The molecule has 0 radical (unpaired) electrons. The van der Waals surface area contributed by atoms with Crippen molar-refractivity contribution in [3.8, 4) is 10.6 Å². The molecule has 0 aliphatic carbocycles. The van der Waals surface area contributed by atoms with Crippen molar-refractivity contribution >= 4 is 21.4 Å². The van der Waals surface area contributed by atoms with Crippen LogP contribution in [0.15, 0.2) is 17.8 Å². The van der Waals surface area contributed by atoms with Gasteiger partial charge >= 0.3 is 0 Å². The van der Waals surface area contributed by atoms with Crippen molar-refractivity contribution in [1.82, 2.24) is 19.1 Å². The van der Waals surface area contributed by atoms with Crippen molar-refractivity contribution in [2.75, 3.05) is 12.8 Å². The van der Waals surface area contributed by atoms with Gasteiger partial charge in [-0.2, -0.15) is 9.40 Å². The molecule has 8 heteroatoms. The van der Waals surface area contributed by atoms with Crippen LogP contribution >= 0.6 is 11.3 Å². The monoisotopic (exact) mass is 328 g/mol. The summed E-state index contributed by atoms with van der Waals surface area (Å²) >= 11 is 1.50. The number of unbranched alkanes of at least 4 members (excludes halogenated alkanes) is 1. The summed E-state index contributed by atoms with van der Waals surface area (Å²) in [6, 6.07) is 0. The Hall–Kier alpha value is -1.25. The van der Waals surface area contributed by atoms with Crippen LogP contribution in [0.3, 0.4) is 0 Å². The van der Waals surface area contributed by atoms with E-state index in [4.69, 9.17) is 0 Å². The average Bonchev–Trinajstić information content (AvgIpc) is 3.05. The van der Waals surface area contributed by atoms with Crippen molar-refractivity contribution in [1.29, 1.82) is 0 Å². The maximum absolute atomic E-state index is 12.1. The molecule has 2 aromatic rings. The lowest BCUT2D eigenvalue weighted by atomic mass is 10.4. The summed E-state index contributed by atoms with van der Waals surface area (Å²) < 4.78 is 27.2. The van der Waals surface area contributed by atoms with Crippen molar-refractivity contribution < 1.29 is 8.42 Å². The van der Waals surface area contributed by atoms with E-state index < -0.39 is 10.0 Å². The smallest absolute Gasteiger partial charge is 0.214 e. The lowest BCUT2D eigenvalue weighted by molar-refractivity contribution is 0.461. The van der Waals surface area contributed by atoms with Crippen LogP contribution in [-0.2, 0) is 23.6 Å². The van der Waals surface area contributed by atoms with Crippen LogP contribution < -0.4 is 0 Å². The van der Waals surface area contributed by atoms with Gasteiger partial charge in [0.25, 0.3) is 0 Å². The second kappa shape index (κ2) is 6.67. The lowest BCUT2D eigenvalue weighted by Gasteiger charge is -2.15. The minimum absolute atomic E-state index is 0.194. The van der Waals surface area contributed by atoms with Gasteiger partial charge in [-0.1, -0.05) is 13.3 Å². The van der Waals surface area contributed by atoms with Crippen LogP contribution in [0.1, 0.15) is 25.5 Å². The Kier molecular flexibility index (Phi) is 5.13. The first-order chi connectivity index (χ1) is 9.92.